The van der Waals surface area contributed by atoms with E-state index in [1.54, 1.807) is 0 Å². The highest BCUT2D eigenvalue weighted by Gasteiger charge is 2.27. The maximum absolute atomic E-state index is 3.57. The van der Waals surface area contributed by atoms with Crippen molar-refractivity contribution in [3.05, 3.63) is 0 Å². The Morgan fingerprint density at radius 2 is 2.06 bits per heavy atom. The molecule has 0 saturated carbocycles. The van der Waals surface area contributed by atoms with E-state index in [0.717, 1.165) is 19.0 Å². The highest BCUT2D eigenvalue weighted by atomic mass is 15.2. The Bertz CT molecular complexity index is 252. The van der Waals surface area contributed by atoms with Crippen molar-refractivity contribution in [2.24, 2.45) is 11.3 Å². The van der Waals surface area contributed by atoms with E-state index in [9.17, 15) is 0 Å². The van der Waals surface area contributed by atoms with E-state index < -0.39 is 0 Å². The van der Waals surface area contributed by atoms with Crippen molar-refractivity contribution in [3.63, 3.8) is 0 Å². The highest BCUT2D eigenvalue weighted by molar-refractivity contribution is 4.83. The minimum atomic E-state index is 0.426. The molecule has 1 atom stereocenters. The number of likely N-dealkylation sites (tertiary alicyclic amines) is 1. The fourth-order valence-electron chi connectivity index (χ4n) is 3.51. The first kappa shape index (κ1) is 14.3. The monoisotopic (exact) mass is 253 g/mol. The molecule has 1 N–H and O–H groups in total. The van der Waals surface area contributed by atoms with Crippen molar-refractivity contribution in [2.45, 2.75) is 33.6 Å². The number of nitrogens with one attached hydrogen (secondary N) is 1. The molecule has 18 heavy (non-hydrogen) atoms. The van der Waals surface area contributed by atoms with Gasteiger partial charge in [0.25, 0.3) is 0 Å². The molecule has 0 aromatic carbocycles. The summed E-state index contributed by atoms with van der Waals surface area (Å²) in [6.45, 7) is 17.0. The zero-order valence-electron chi connectivity index (χ0n) is 12.5. The van der Waals surface area contributed by atoms with Gasteiger partial charge >= 0.3 is 0 Å². The molecule has 0 radical (unpaired) electrons. The molecule has 1 unspecified atom stereocenters. The molecule has 2 saturated heterocycles. The van der Waals surface area contributed by atoms with Crippen molar-refractivity contribution in [1.29, 1.82) is 0 Å². The number of piperidine rings is 1. The summed E-state index contributed by atoms with van der Waals surface area (Å²) >= 11 is 0. The van der Waals surface area contributed by atoms with Crippen LogP contribution in [0.3, 0.4) is 0 Å². The van der Waals surface area contributed by atoms with Gasteiger partial charge in [-0.15, -0.1) is 0 Å². The van der Waals surface area contributed by atoms with Crippen LogP contribution in [0.4, 0.5) is 0 Å². The van der Waals surface area contributed by atoms with E-state index in [4.69, 9.17) is 0 Å². The van der Waals surface area contributed by atoms with Gasteiger partial charge in [0, 0.05) is 39.3 Å². The summed E-state index contributed by atoms with van der Waals surface area (Å²) in [6, 6.07) is 0. The van der Waals surface area contributed by atoms with Crippen molar-refractivity contribution in [3.8, 4) is 0 Å². The average molecular weight is 253 g/mol. The Hall–Kier alpha value is -0.120. The first-order valence-corrected chi connectivity index (χ1v) is 7.74. The van der Waals surface area contributed by atoms with Gasteiger partial charge in [0.1, 0.15) is 0 Å². The lowest BCUT2D eigenvalue weighted by molar-refractivity contribution is 0.122. The molecule has 0 amide bonds. The Balaban J connectivity index is 1.84. The first-order chi connectivity index (χ1) is 8.59. The van der Waals surface area contributed by atoms with E-state index in [1.165, 1.54) is 52.1 Å². The van der Waals surface area contributed by atoms with Crippen LogP contribution in [0.15, 0.2) is 0 Å². The molecule has 0 aromatic heterocycles. The SMILES string of the molecule is CCN1CCCC(CN2CCNCC(C)(C)C2)C1. The van der Waals surface area contributed by atoms with Gasteiger partial charge in [-0.25, -0.2) is 0 Å². The summed E-state index contributed by atoms with van der Waals surface area (Å²) in [7, 11) is 0. The van der Waals surface area contributed by atoms with E-state index in [2.05, 4.69) is 35.9 Å². The van der Waals surface area contributed by atoms with Gasteiger partial charge < -0.3 is 15.1 Å². The van der Waals surface area contributed by atoms with Crippen LogP contribution in [0, 0.1) is 11.3 Å². The molecule has 2 aliphatic heterocycles. The van der Waals surface area contributed by atoms with Gasteiger partial charge in [-0.1, -0.05) is 20.8 Å². The standard InChI is InChI=1S/C15H31N3/c1-4-17-8-5-6-14(10-17)11-18-9-7-16-12-15(2,3)13-18/h14,16H,4-13H2,1-3H3. The van der Waals surface area contributed by atoms with Crippen LogP contribution < -0.4 is 5.32 Å². The van der Waals surface area contributed by atoms with E-state index in [0.29, 0.717) is 5.41 Å². The van der Waals surface area contributed by atoms with E-state index in [-0.39, 0.29) is 0 Å². The Morgan fingerprint density at radius 1 is 1.22 bits per heavy atom. The Morgan fingerprint density at radius 3 is 2.83 bits per heavy atom. The zero-order chi connectivity index (χ0) is 13.0. The van der Waals surface area contributed by atoms with Crippen molar-refractivity contribution in [2.75, 3.05) is 52.4 Å². The summed E-state index contributed by atoms with van der Waals surface area (Å²) < 4.78 is 0. The molecule has 0 aromatic rings. The van der Waals surface area contributed by atoms with Crippen LogP contribution in [0.1, 0.15) is 33.6 Å². The lowest BCUT2D eigenvalue weighted by atomic mass is 9.92. The molecule has 0 bridgehead atoms. The van der Waals surface area contributed by atoms with Gasteiger partial charge in [0.15, 0.2) is 0 Å². The molecule has 3 nitrogen and oxygen atoms in total. The molecular formula is C15H31N3. The summed E-state index contributed by atoms with van der Waals surface area (Å²) in [4.78, 5) is 5.32. The van der Waals surface area contributed by atoms with E-state index >= 15 is 0 Å². The van der Waals surface area contributed by atoms with Crippen LogP contribution in [0.25, 0.3) is 0 Å². The lowest BCUT2D eigenvalue weighted by Gasteiger charge is -2.36. The third kappa shape index (κ3) is 4.22. The molecule has 2 aliphatic rings. The lowest BCUT2D eigenvalue weighted by Crippen LogP contribution is -2.43. The normalized spacial score (nSPS) is 31.2. The third-order valence-corrected chi connectivity index (χ3v) is 4.43. The van der Waals surface area contributed by atoms with Gasteiger partial charge in [0.2, 0.25) is 0 Å². The summed E-state index contributed by atoms with van der Waals surface area (Å²) in [5.74, 6) is 0.896. The van der Waals surface area contributed by atoms with Crippen molar-refractivity contribution in [1.82, 2.24) is 15.1 Å². The Kier molecular flexibility index (Phi) is 5.05. The largest absolute Gasteiger partial charge is 0.315 e. The van der Waals surface area contributed by atoms with Gasteiger partial charge in [-0.2, -0.15) is 0 Å². The molecule has 2 rings (SSSR count). The molecular weight excluding hydrogens is 222 g/mol. The average Bonchev–Trinajstić information content (AvgIpc) is 2.50. The molecule has 2 fully saturated rings. The van der Waals surface area contributed by atoms with E-state index in [1.807, 2.05) is 0 Å². The van der Waals surface area contributed by atoms with Gasteiger partial charge in [0.05, 0.1) is 0 Å². The quantitative estimate of drug-likeness (QED) is 0.825. The molecule has 0 aliphatic carbocycles. The summed E-state index contributed by atoms with van der Waals surface area (Å²) in [5.41, 5.74) is 0.426. The second-order valence-electron chi connectivity index (χ2n) is 6.98. The highest BCUT2D eigenvalue weighted by Crippen LogP contribution is 2.22. The zero-order valence-corrected chi connectivity index (χ0v) is 12.5. The minimum Gasteiger partial charge on any atom is -0.315 e. The maximum Gasteiger partial charge on any atom is 0.0107 e. The number of hydrogen-bond donors (Lipinski definition) is 1. The van der Waals surface area contributed by atoms with Crippen LogP contribution in [0.2, 0.25) is 0 Å². The van der Waals surface area contributed by atoms with Crippen LogP contribution in [-0.2, 0) is 0 Å². The van der Waals surface area contributed by atoms with Crippen molar-refractivity contribution >= 4 is 0 Å². The number of hydrogen-bond acceptors (Lipinski definition) is 3. The molecule has 0 spiro atoms. The van der Waals surface area contributed by atoms with Crippen LogP contribution in [-0.4, -0.2) is 62.2 Å². The number of rotatable bonds is 3. The fraction of sp³-hybridized carbons (Fsp3) is 1.00. The third-order valence-electron chi connectivity index (χ3n) is 4.43. The second-order valence-corrected chi connectivity index (χ2v) is 6.98. The van der Waals surface area contributed by atoms with Gasteiger partial charge in [-0.3, -0.25) is 0 Å². The summed E-state index contributed by atoms with van der Waals surface area (Å²) in [6.07, 6.45) is 2.83. The minimum absolute atomic E-state index is 0.426. The smallest absolute Gasteiger partial charge is 0.0107 e. The second kappa shape index (κ2) is 6.36. The fourth-order valence-corrected chi connectivity index (χ4v) is 3.51. The Labute approximate surface area is 113 Å². The van der Waals surface area contributed by atoms with Crippen molar-refractivity contribution < 1.29 is 0 Å². The summed E-state index contributed by atoms with van der Waals surface area (Å²) in [5, 5.41) is 3.57. The van der Waals surface area contributed by atoms with Crippen LogP contribution in [0.5, 0.6) is 0 Å². The predicted octanol–water partition coefficient (Wildman–Crippen LogP) is 1.65. The molecule has 3 heteroatoms. The maximum atomic E-state index is 3.57. The number of nitrogens with zero attached hydrogens (tertiary/aromatic N) is 2. The molecule has 106 valence electrons. The topological polar surface area (TPSA) is 18.5 Å². The predicted molar refractivity (Wildman–Crippen MR) is 77.9 cm³/mol. The van der Waals surface area contributed by atoms with Gasteiger partial charge in [-0.05, 0) is 37.3 Å². The van der Waals surface area contributed by atoms with Crippen LogP contribution >= 0.6 is 0 Å². The first-order valence-electron chi connectivity index (χ1n) is 7.74. The molecule has 2 heterocycles.